The number of amides is 1. The van der Waals surface area contributed by atoms with Crippen molar-refractivity contribution in [1.82, 2.24) is 9.97 Å². The first-order valence-electron chi connectivity index (χ1n) is 14.6. The zero-order chi connectivity index (χ0) is 29.1. The van der Waals surface area contributed by atoms with Crippen molar-refractivity contribution in [3.63, 3.8) is 0 Å². The van der Waals surface area contributed by atoms with Gasteiger partial charge in [-0.3, -0.25) is 4.79 Å². The molecule has 4 bridgehead atoms. The van der Waals surface area contributed by atoms with E-state index >= 15 is 0 Å². The van der Waals surface area contributed by atoms with E-state index in [-0.39, 0.29) is 11.3 Å². The van der Waals surface area contributed by atoms with Gasteiger partial charge in [-0.05, 0) is 80.5 Å². The van der Waals surface area contributed by atoms with Crippen LogP contribution in [0.4, 0.5) is 17.2 Å². The van der Waals surface area contributed by atoms with Crippen LogP contribution in [0.2, 0.25) is 0 Å². The van der Waals surface area contributed by atoms with Crippen molar-refractivity contribution in [3.8, 4) is 17.6 Å². The predicted molar refractivity (Wildman–Crippen MR) is 158 cm³/mol. The minimum Gasteiger partial charge on any atom is -0.487 e. The van der Waals surface area contributed by atoms with Gasteiger partial charge in [-0.15, -0.1) is 0 Å². The number of benzene rings is 2. The molecule has 4 aliphatic rings. The fourth-order valence-corrected chi connectivity index (χ4v) is 7.46. The summed E-state index contributed by atoms with van der Waals surface area (Å²) in [6, 6.07) is 11.3. The lowest BCUT2D eigenvalue weighted by Gasteiger charge is -2.55. The summed E-state index contributed by atoms with van der Waals surface area (Å²) in [6.45, 7) is 1.57. The summed E-state index contributed by atoms with van der Waals surface area (Å²) in [5.74, 6) is 3.72. The van der Waals surface area contributed by atoms with Crippen LogP contribution in [-0.4, -0.2) is 56.5 Å². The zero-order valence-corrected chi connectivity index (χ0v) is 24.2. The van der Waals surface area contributed by atoms with Crippen LogP contribution >= 0.6 is 0 Å². The van der Waals surface area contributed by atoms with Crippen molar-refractivity contribution in [2.75, 3.05) is 51.3 Å². The molecule has 10 nitrogen and oxygen atoms in total. The molecule has 42 heavy (non-hydrogen) atoms. The van der Waals surface area contributed by atoms with Gasteiger partial charge in [-0.1, -0.05) is 0 Å². The SMILES string of the molecule is COCCOc1cc2ncnc(Nc3ccc(NC(=O)C45CC6CC(CC(C6)C4)C5)c(C#N)c3)c2cc1OCCOC. The molecular formula is C32H37N5O5. The number of ether oxygens (including phenoxy) is 4. The maximum atomic E-state index is 13.6. The molecule has 4 saturated carbocycles. The Hall–Kier alpha value is -3.94. The number of hydrogen-bond acceptors (Lipinski definition) is 9. The lowest BCUT2D eigenvalue weighted by atomic mass is 9.49. The Balaban J connectivity index is 1.22. The maximum Gasteiger partial charge on any atom is 0.230 e. The molecule has 10 heteroatoms. The Kier molecular flexibility index (Phi) is 8.13. The fraction of sp³-hybridized carbons (Fsp3) is 0.500. The molecule has 0 atom stereocenters. The third-order valence-electron chi connectivity index (χ3n) is 8.96. The van der Waals surface area contributed by atoms with E-state index in [4.69, 9.17) is 18.9 Å². The van der Waals surface area contributed by atoms with E-state index in [1.54, 1.807) is 26.4 Å². The highest BCUT2D eigenvalue weighted by molar-refractivity contribution is 5.97. The average molecular weight is 572 g/mol. The fourth-order valence-electron chi connectivity index (χ4n) is 7.46. The number of methoxy groups -OCH3 is 2. The zero-order valence-electron chi connectivity index (χ0n) is 24.2. The summed E-state index contributed by atoms with van der Waals surface area (Å²) < 4.78 is 22.1. The number of hydrogen-bond donors (Lipinski definition) is 2. The van der Waals surface area contributed by atoms with E-state index in [9.17, 15) is 10.1 Å². The quantitative estimate of drug-likeness (QED) is 0.273. The number of nitriles is 1. The number of fused-ring (bicyclic) bond motifs is 1. The van der Waals surface area contributed by atoms with E-state index in [0.29, 0.717) is 84.0 Å². The smallest absolute Gasteiger partial charge is 0.230 e. The molecule has 0 saturated heterocycles. The highest BCUT2D eigenvalue weighted by atomic mass is 16.5. The Morgan fingerprint density at radius 2 is 1.57 bits per heavy atom. The Bertz CT molecular complexity index is 1470. The topological polar surface area (TPSA) is 128 Å². The van der Waals surface area contributed by atoms with Crippen LogP contribution < -0.4 is 20.1 Å². The lowest BCUT2D eigenvalue weighted by molar-refractivity contribution is -0.140. The predicted octanol–water partition coefficient (Wildman–Crippen LogP) is 5.45. The molecule has 7 rings (SSSR count). The van der Waals surface area contributed by atoms with Crippen LogP contribution in [0.3, 0.4) is 0 Å². The monoisotopic (exact) mass is 571 g/mol. The van der Waals surface area contributed by atoms with E-state index in [2.05, 4.69) is 26.7 Å². The maximum absolute atomic E-state index is 13.6. The summed E-state index contributed by atoms with van der Waals surface area (Å²) in [4.78, 5) is 22.5. The molecule has 4 fully saturated rings. The largest absolute Gasteiger partial charge is 0.487 e. The van der Waals surface area contributed by atoms with Crippen LogP contribution in [0.25, 0.3) is 10.9 Å². The van der Waals surface area contributed by atoms with Gasteiger partial charge in [-0.25, -0.2) is 9.97 Å². The Labute approximate surface area is 245 Å². The number of nitrogens with zero attached hydrogens (tertiary/aromatic N) is 3. The summed E-state index contributed by atoms with van der Waals surface area (Å²) in [5, 5.41) is 17.2. The second-order valence-corrected chi connectivity index (χ2v) is 11.9. The number of nitrogens with one attached hydrogen (secondary N) is 2. The minimum absolute atomic E-state index is 0.0742. The van der Waals surface area contributed by atoms with Crippen molar-refractivity contribution >= 4 is 34.0 Å². The summed E-state index contributed by atoms with van der Waals surface area (Å²) in [7, 11) is 3.23. The first-order valence-corrected chi connectivity index (χ1v) is 14.6. The standard InChI is InChI=1S/C32H37N5O5/c1-39-5-7-41-28-13-25-27(14-29(28)42-8-6-40-2)34-19-35-30(25)36-24-3-4-26(23(12-24)18-33)37-31(38)32-15-20-9-21(16-32)11-22(10-20)17-32/h3-4,12-14,19-22H,5-11,15-17H2,1-2H3,(H,37,38)(H,34,35,36). The van der Waals surface area contributed by atoms with Gasteiger partial charge in [-0.2, -0.15) is 5.26 Å². The molecule has 0 aliphatic heterocycles. The van der Waals surface area contributed by atoms with Crippen LogP contribution in [0, 0.1) is 34.5 Å². The number of aromatic nitrogens is 2. The first kappa shape index (κ1) is 28.2. The first-order chi connectivity index (χ1) is 20.5. The molecule has 4 aliphatic carbocycles. The van der Waals surface area contributed by atoms with Gasteiger partial charge in [0.05, 0.1) is 35.4 Å². The molecule has 1 aromatic heterocycles. The molecule has 2 N–H and O–H groups in total. The van der Waals surface area contributed by atoms with Crippen molar-refractivity contribution in [2.45, 2.75) is 38.5 Å². The van der Waals surface area contributed by atoms with Gasteiger partial charge < -0.3 is 29.6 Å². The van der Waals surface area contributed by atoms with Crippen molar-refractivity contribution < 1.29 is 23.7 Å². The second-order valence-electron chi connectivity index (χ2n) is 11.9. The molecule has 2 aromatic carbocycles. The van der Waals surface area contributed by atoms with Crippen LogP contribution in [0.1, 0.15) is 44.1 Å². The van der Waals surface area contributed by atoms with E-state index < -0.39 is 0 Å². The normalized spacial score (nSPS) is 23.9. The van der Waals surface area contributed by atoms with Gasteiger partial charge in [0.2, 0.25) is 5.91 Å². The van der Waals surface area contributed by atoms with Gasteiger partial charge in [0.1, 0.15) is 31.4 Å². The van der Waals surface area contributed by atoms with Gasteiger partial charge in [0, 0.05) is 31.4 Å². The molecule has 0 spiro atoms. The van der Waals surface area contributed by atoms with E-state index in [1.165, 1.54) is 25.6 Å². The van der Waals surface area contributed by atoms with Gasteiger partial charge in [0.25, 0.3) is 0 Å². The number of carbonyl (C=O) groups is 1. The van der Waals surface area contributed by atoms with E-state index in [1.807, 2.05) is 18.2 Å². The highest BCUT2D eigenvalue weighted by Crippen LogP contribution is 2.60. The molecule has 0 radical (unpaired) electrons. The van der Waals surface area contributed by atoms with Crippen molar-refractivity contribution in [3.05, 3.63) is 42.2 Å². The molecule has 0 unspecified atom stereocenters. The minimum atomic E-state index is -0.284. The van der Waals surface area contributed by atoms with Crippen molar-refractivity contribution in [1.29, 1.82) is 5.26 Å². The molecule has 1 heterocycles. The molecule has 3 aromatic rings. The van der Waals surface area contributed by atoms with E-state index in [0.717, 1.165) is 24.6 Å². The lowest BCUT2D eigenvalue weighted by Crippen LogP contribution is -2.51. The second kappa shape index (κ2) is 12.1. The molecular weight excluding hydrogens is 534 g/mol. The summed E-state index contributed by atoms with van der Waals surface area (Å²) >= 11 is 0. The summed E-state index contributed by atoms with van der Waals surface area (Å²) in [6.07, 6.45) is 8.22. The van der Waals surface area contributed by atoms with Crippen LogP contribution in [0.15, 0.2) is 36.7 Å². The highest BCUT2D eigenvalue weighted by Gasteiger charge is 2.54. The third kappa shape index (κ3) is 5.72. The average Bonchev–Trinajstić information content (AvgIpc) is 2.98. The van der Waals surface area contributed by atoms with Gasteiger partial charge in [0.15, 0.2) is 11.5 Å². The van der Waals surface area contributed by atoms with Gasteiger partial charge >= 0.3 is 0 Å². The summed E-state index contributed by atoms with van der Waals surface area (Å²) in [5.41, 5.74) is 1.99. The number of carbonyl (C=O) groups excluding carboxylic acids is 1. The van der Waals surface area contributed by atoms with Crippen LogP contribution in [0.5, 0.6) is 11.5 Å². The Morgan fingerprint density at radius 3 is 2.19 bits per heavy atom. The molecule has 220 valence electrons. The number of anilines is 3. The van der Waals surface area contributed by atoms with Crippen molar-refractivity contribution in [2.24, 2.45) is 23.2 Å². The number of rotatable bonds is 12. The third-order valence-corrected chi connectivity index (χ3v) is 8.96. The van der Waals surface area contributed by atoms with Crippen LogP contribution in [-0.2, 0) is 14.3 Å². The Morgan fingerprint density at radius 1 is 0.929 bits per heavy atom. The molecule has 1 amide bonds.